The number of H-pyrrole nitrogens is 1. The molecule has 0 aliphatic carbocycles. The Bertz CT molecular complexity index is 1350. The van der Waals surface area contributed by atoms with Gasteiger partial charge in [-0.15, -0.1) is 0 Å². The monoisotopic (exact) mass is 502 g/mol. The first kappa shape index (κ1) is 23.4. The number of carbonyl (C=O) groups is 1. The molecule has 3 N–H and O–H groups in total. The zero-order valence-corrected chi connectivity index (χ0v) is 19.7. The van der Waals surface area contributed by atoms with Gasteiger partial charge in [0.2, 0.25) is 0 Å². The van der Waals surface area contributed by atoms with Crippen molar-refractivity contribution in [2.45, 2.75) is 16.8 Å². The van der Waals surface area contributed by atoms with Crippen molar-refractivity contribution in [3.05, 3.63) is 70.9 Å². The maximum atomic E-state index is 13.6. The van der Waals surface area contributed by atoms with E-state index in [1.165, 1.54) is 0 Å². The van der Waals surface area contributed by atoms with Gasteiger partial charge in [0.1, 0.15) is 11.6 Å². The highest BCUT2D eigenvalue weighted by Crippen LogP contribution is 2.36. The van der Waals surface area contributed by atoms with Crippen LogP contribution in [0.4, 0.5) is 20.3 Å². The lowest BCUT2D eigenvalue weighted by Gasteiger charge is -2.34. The van der Waals surface area contributed by atoms with Crippen LogP contribution < -0.4 is 15.5 Å². The fraction of sp³-hybridized carbons (Fsp3) is 0.304. The van der Waals surface area contributed by atoms with Crippen molar-refractivity contribution in [3.8, 4) is 0 Å². The number of halogens is 2. The first-order chi connectivity index (χ1) is 16.7. The molecule has 1 fully saturated rings. The van der Waals surface area contributed by atoms with Crippen LogP contribution in [0.3, 0.4) is 0 Å². The minimum atomic E-state index is -4.17. The van der Waals surface area contributed by atoms with Crippen LogP contribution in [0.2, 0.25) is 0 Å². The molecular weight excluding hydrogens is 478 g/mol. The molecule has 0 saturated carbocycles. The molecule has 5 rings (SSSR count). The summed E-state index contributed by atoms with van der Waals surface area (Å²) in [6.07, 6.45) is 0. The Morgan fingerprint density at radius 1 is 1.06 bits per heavy atom. The minimum Gasteiger partial charge on any atom is -0.369 e. The normalized spacial score (nSPS) is 18.5. The first-order valence-electron chi connectivity index (χ1n) is 11.1. The second-order valence-electron chi connectivity index (χ2n) is 8.67. The number of likely N-dealkylation sites (N-methyl/N-ethyl adjacent to an activating group) is 1. The molecule has 184 valence electrons. The maximum Gasteiger partial charge on any atom is 0.256 e. The lowest BCUT2D eigenvalue weighted by Crippen LogP contribution is -2.44. The lowest BCUT2D eigenvalue weighted by molar-refractivity contribution is 0.102. The standard InChI is InChI=1S/C23H24F2N6O3S/c1-30-6-8-31(9-7-30)17-4-2-14(3-5-17)22(32)27-21-19-13-26-23(20(19)28-29-21)35(33,34)18-11-15(24)10-16(25)12-18/h2-5,10-12,23,26H,6-9,13H2,1H3,(H2,27,28,29,32). The van der Waals surface area contributed by atoms with E-state index >= 15 is 0 Å². The summed E-state index contributed by atoms with van der Waals surface area (Å²) in [6, 6.07) is 9.41. The largest absolute Gasteiger partial charge is 0.369 e. The van der Waals surface area contributed by atoms with E-state index in [2.05, 4.69) is 37.7 Å². The van der Waals surface area contributed by atoms with E-state index in [1.807, 2.05) is 12.1 Å². The summed E-state index contributed by atoms with van der Waals surface area (Å²) in [6.45, 7) is 3.89. The molecule has 0 bridgehead atoms. The smallest absolute Gasteiger partial charge is 0.256 e. The van der Waals surface area contributed by atoms with Gasteiger partial charge >= 0.3 is 0 Å². The molecule has 1 atom stereocenters. The van der Waals surface area contributed by atoms with Crippen LogP contribution in [-0.4, -0.2) is 62.6 Å². The zero-order chi connectivity index (χ0) is 24.7. The van der Waals surface area contributed by atoms with Crippen LogP contribution in [-0.2, 0) is 16.4 Å². The van der Waals surface area contributed by atoms with Crippen molar-refractivity contribution in [2.75, 3.05) is 43.4 Å². The third-order valence-electron chi connectivity index (χ3n) is 6.33. The Morgan fingerprint density at radius 2 is 1.71 bits per heavy atom. The van der Waals surface area contributed by atoms with Crippen LogP contribution in [0.25, 0.3) is 0 Å². The second-order valence-corrected chi connectivity index (χ2v) is 10.7. The summed E-state index contributed by atoms with van der Waals surface area (Å²) in [5.74, 6) is -2.16. The highest BCUT2D eigenvalue weighted by molar-refractivity contribution is 7.91. The number of sulfone groups is 1. The third kappa shape index (κ3) is 4.51. The van der Waals surface area contributed by atoms with E-state index in [4.69, 9.17) is 0 Å². The van der Waals surface area contributed by atoms with Gasteiger partial charge in [-0.2, -0.15) is 5.10 Å². The molecule has 9 nitrogen and oxygen atoms in total. The number of fused-ring (bicyclic) bond motifs is 1. The number of anilines is 2. The van der Waals surface area contributed by atoms with Crippen molar-refractivity contribution < 1.29 is 22.0 Å². The van der Waals surface area contributed by atoms with Gasteiger partial charge in [0.05, 0.1) is 10.6 Å². The number of rotatable bonds is 5. The summed E-state index contributed by atoms with van der Waals surface area (Å²) in [5.41, 5.74) is 2.17. The van der Waals surface area contributed by atoms with Crippen LogP contribution in [0, 0.1) is 11.6 Å². The van der Waals surface area contributed by atoms with Gasteiger partial charge in [0.25, 0.3) is 5.91 Å². The molecule has 3 heterocycles. The minimum absolute atomic E-state index is 0.103. The molecule has 2 aromatic carbocycles. The number of benzene rings is 2. The van der Waals surface area contributed by atoms with Crippen molar-refractivity contribution in [1.82, 2.24) is 20.4 Å². The molecule has 12 heteroatoms. The van der Waals surface area contributed by atoms with E-state index in [0.29, 0.717) is 17.2 Å². The summed E-state index contributed by atoms with van der Waals surface area (Å²) >= 11 is 0. The second kappa shape index (κ2) is 9.02. The van der Waals surface area contributed by atoms with Crippen molar-refractivity contribution in [3.63, 3.8) is 0 Å². The van der Waals surface area contributed by atoms with Gasteiger partial charge in [-0.1, -0.05) is 0 Å². The van der Waals surface area contributed by atoms with Gasteiger partial charge < -0.3 is 15.1 Å². The highest BCUT2D eigenvalue weighted by atomic mass is 32.2. The average molecular weight is 503 g/mol. The number of hydrogen-bond acceptors (Lipinski definition) is 7. The Balaban J connectivity index is 1.31. The van der Waals surface area contributed by atoms with E-state index in [9.17, 15) is 22.0 Å². The van der Waals surface area contributed by atoms with Crippen LogP contribution in [0.15, 0.2) is 47.4 Å². The third-order valence-corrected chi connectivity index (χ3v) is 8.25. The number of carbonyl (C=O) groups excluding carboxylic acids is 1. The molecule has 1 unspecified atom stereocenters. The van der Waals surface area contributed by atoms with Crippen LogP contribution in [0.5, 0.6) is 0 Å². The summed E-state index contributed by atoms with van der Waals surface area (Å²) in [4.78, 5) is 16.9. The molecule has 1 saturated heterocycles. The van der Waals surface area contributed by atoms with E-state index < -0.39 is 31.7 Å². The summed E-state index contributed by atoms with van der Waals surface area (Å²) < 4.78 is 53.2. The number of nitrogens with zero attached hydrogens (tertiary/aromatic N) is 3. The predicted octanol–water partition coefficient (Wildman–Crippen LogP) is 2.27. The van der Waals surface area contributed by atoms with Gasteiger partial charge in [-0.05, 0) is 43.4 Å². The van der Waals surface area contributed by atoms with Crippen LogP contribution in [0.1, 0.15) is 27.0 Å². The zero-order valence-electron chi connectivity index (χ0n) is 18.9. The molecule has 1 aromatic heterocycles. The van der Waals surface area contributed by atoms with Crippen LogP contribution >= 0.6 is 0 Å². The Hall–Kier alpha value is -3.35. The molecule has 3 aromatic rings. The fourth-order valence-corrected chi connectivity index (χ4v) is 5.97. The van der Waals surface area contributed by atoms with Crippen molar-refractivity contribution in [2.24, 2.45) is 0 Å². The molecule has 2 aliphatic rings. The highest BCUT2D eigenvalue weighted by Gasteiger charge is 2.38. The van der Waals surface area contributed by atoms with Gasteiger partial charge in [-0.3, -0.25) is 15.2 Å². The molecule has 1 amide bonds. The lowest BCUT2D eigenvalue weighted by atomic mass is 10.1. The summed E-state index contributed by atoms with van der Waals surface area (Å²) in [5, 5.41) is 11.0. The summed E-state index contributed by atoms with van der Waals surface area (Å²) in [7, 11) is -2.08. The quantitative estimate of drug-likeness (QED) is 0.491. The van der Waals surface area contributed by atoms with Gasteiger partial charge in [0, 0.05) is 55.6 Å². The fourth-order valence-electron chi connectivity index (χ4n) is 4.34. The molecule has 0 spiro atoms. The molecule has 35 heavy (non-hydrogen) atoms. The van der Waals surface area contributed by atoms with Crippen molar-refractivity contribution in [1.29, 1.82) is 0 Å². The number of hydrogen-bond donors (Lipinski definition) is 3. The Morgan fingerprint density at radius 3 is 2.37 bits per heavy atom. The Labute approximate surface area is 201 Å². The maximum absolute atomic E-state index is 13.6. The first-order valence-corrected chi connectivity index (χ1v) is 12.6. The van der Waals surface area contributed by atoms with Crippen molar-refractivity contribution >= 4 is 27.2 Å². The van der Waals surface area contributed by atoms with E-state index in [0.717, 1.165) is 44.0 Å². The number of aromatic nitrogens is 2. The topological polar surface area (TPSA) is 110 Å². The molecule has 2 aliphatic heterocycles. The van der Waals surface area contributed by atoms with Gasteiger partial charge in [0.15, 0.2) is 21.0 Å². The van der Waals surface area contributed by atoms with E-state index in [1.54, 1.807) is 12.1 Å². The molecule has 0 radical (unpaired) electrons. The Kier molecular flexibility index (Phi) is 6.03. The predicted molar refractivity (Wildman–Crippen MR) is 126 cm³/mol. The van der Waals surface area contributed by atoms with E-state index in [-0.39, 0.29) is 24.0 Å². The number of amides is 1. The average Bonchev–Trinajstić information content (AvgIpc) is 3.42. The number of piperazine rings is 1. The molecular formula is C23H24F2N6O3S. The number of nitrogens with one attached hydrogen (secondary N) is 3. The van der Waals surface area contributed by atoms with Gasteiger partial charge in [-0.25, -0.2) is 17.2 Å². The SMILES string of the molecule is CN1CCN(c2ccc(C(=O)Nc3n[nH]c4c3CNC4S(=O)(=O)c3cc(F)cc(F)c3)cc2)CC1. The number of aromatic amines is 1.